The highest BCUT2D eigenvalue weighted by Crippen LogP contribution is 2.53. The quantitative estimate of drug-likeness (QED) is 0.0417. The van der Waals surface area contributed by atoms with E-state index in [1.54, 1.807) is 0 Å². The lowest BCUT2D eigenvalue weighted by atomic mass is 9.95. The third kappa shape index (κ3) is 75.9. The molecule has 0 bridgehead atoms. The van der Waals surface area contributed by atoms with Crippen LogP contribution in [0.5, 0.6) is 17.2 Å². The van der Waals surface area contributed by atoms with Crippen molar-refractivity contribution in [3.63, 3.8) is 0 Å². The van der Waals surface area contributed by atoms with E-state index >= 15 is 4.57 Å². The maximum absolute atomic E-state index is 17.3. The molecule has 764 valence electrons. The molecule has 131 heavy (non-hydrogen) atoms. The molecule has 0 saturated heterocycles. The minimum Gasteiger partial charge on any atom is -0.386 e. The van der Waals surface area contributed by atoms with E-state index in [0.717, 1.165) is 75.0 Å². The molecule has 0 fully saturated rings. The lowest BCUT2D eigenvalue weighted by Gasteiger charge is -2.25. The zero-order valence-corrected chi connectivity index (χ0v) is 90.8. The number of aryl methyl sites for hydroxylation is 3. The van der Waals surface area contributed by atoms with Crippen LogP contribution in [0, 0.1) is 0 Å². The SMILES string of the molecule is CCCCCCCCCCCCCCCCCCc1cccc(OP(=O)(Oc2cccc(CCCCCCCCCCCCCCCCCC)c2CCCCCCCCCCCCCCCCCC)Oc2cccc(CCCCCCCCCCCCCCCCCC)c2CCCCCCCCCCCCCCCCCC)c1CCCCCCCCCCCCCCCCCC. The van der Waals surface area contributed by atoms with Crippen LogP contribution in [0.2, 0.25) is 0 Å². The molecular weight excluding hydrogens is 1610 g/mol. The van der Waals surface area contributed by atoms with Gasteiger partial charge in [0.25, 0.3) is 0 Å². The van der Waals surface area contributed by atoms with Crippen molar-refractivity contribution in [3.8, 4) is 17.2 Å². The van der Waals surface area contributed by atoms with Crippen LogP contribution in [-0.4, -0.2) is 0 Å². The standard InChI is InChI=1S/C126H231O4P/c1-7-13-19-25-31-37-43-49-55-61-67-73-79-85-91-97-106-118-109-103-115-124(121(118)112-100-94-88-82-76-70-64-58-52-46-40-34-28-22-16-10-4)128-131(127,129-125-116-104-110-119(107-98-92-86-80-74-68-62-56-50-44-38-32-26-20-14-8-2)122(125)113-101-95-89-83-77-71-65-59-53-47-41-35-29-23-17-11-5)130-126-117-105-111-120(108-99-93-87-81-75-69-63-57-51-45-39-33-27-21-15-9-3)123(126)114-102-96-90-84-78-72-66-60-54-48-42-36-30-24-18-12-6/h103-105,109-111,115-117H,7-102,106-108,112-114H2,1-6H3. The Bertz CT molecular complexity index is 2540. The van der Waals surface area contributed by atoms with Gasteiger partial charge in [0.1, 0.15) is 17.2 Å². The fourth-order valence-electron chi connectivity index (χ4n) is 21.2. The summed E-state index contributed by atoms with van der Waals surface area (Å²) in [5, 5.41) is 0. The smallest absolute Gasteiger partial charge is 0.386 e. The van der Waals surface area contributed by atoms with Gasteiger partial charge in [-0.2, -0.15) is 4.57 Å². The largest absolute Gasteiger partial charge is 0.647 e. The number of phosphoric ester groups is 1. The second kappa shape index (κ2) is 97.5. The van der Waals surface area contributed by atoms with E-state index < -0.39 is 7.82 Å². The van der Waals surface area contributed by atoms with Gasteiger partial charge >= 0.3 is 7.82 Å². The fourth-order valence-corrected chi connectivity index (χ4v) is 22.5. The van der Waals surface area contributed by atoms with Crippen LogP contribution < -0.4 is 13.6 Å². The summed E-state index contributed by atoms with van der Waals surface area (Å²) in [6, 6.07) is 20.2. The van der Waals surface area contributed by atoms with E-state index in [4.69, 9.17) is 13.6 Å². The molecule has 5 heteroatoms. The van der Waals surface area contributed by atoms with Crippen LogP contribution in [0.1, 0.15) is 691 Å². The number of hydrogen-bond donors (Lipinski definition) is 0. The average molecular weight is 1840 g/mol. The maximum Gasteiger partial charge on any atom is 0.647 e. The van der Waals surface area contributed by atoms with Crippen LogP contribution in [0.3, 0.4) is 0 Å². The van der Waals surface area contributed by atoms with Crippen LogP contribution in [-0.2, 0) is 43.1 Å². The maximum atomic E-state index is 17.3. The highest BCUT2D eigenvalue weighted by Gasteiger charge is 2.37. The van der Waals surface area contributed by atoms with Gasteiger partial charge in [-0.1, -0.05) is 656 Å². The minimum atomic E-state index is -4.45. The molecule has 3 aromatic carbocycles. The molecular formula is C126H231O4P. The van der Waals surface area contributed by atoms with E-state index in [0.29, 0.717) is 0 Å². The summed E-state index contributed by atoms with van der Waals surface area (Å²) in [5.41, 5.74) is 7.83. The van der Waals surface area contributed by atoms with Crippen LogP contribution >= 0.6 is 7.82 Å². The normalized spacial score (nSPS) is 11.8. The summed E-state index contributed by atoms with van der Waals surface area (Å²) in [7, 11) is -4.45. The van der Waals surface area contributed by atoms with Gasteiger partial charge in [0.2, 0.25) is 0 Å². The summed E-state index contributed by atoms with van der Waals surface area (Å²) >= 11 is 0. The van der Waals surface area contributed by atoms with Crippen molar-refractivity contribution >= 4 is 7.82 Å². The molecule has 0 heterocycles. The van der Waals surface area contributed by atoms with Crippen molar-refractivity contribution in [1.82, 2.24) is 0 Å². The van der Waals surface area contributed by atoms with Gasteiger partial charge in [-0.3, -0.25) is 0 Å². The molecule has 0 unspecified atom stereocenters. The summed E-state index contributed by atoms with van der Waals surface area (Å²) in [5.74, 6) is 2.15. The number of rotatable bonds is 108. The third-order valence-electron chi connectivity index (χ3n) is 30.1. The Hall–Kier alpha value is -2.71. The first kappa shape index (κ1) is 122. The molecule has 0 aliphatic rings. The minimum absolute atomic E-state index is 0.718. The van der Waals surface area contributed by atoms with E-state index in [2.05, 4.69) is 96.1 Å². The summed E-state index contributed by atoms with van der Waals surface area (Å²) in [6.07, 6.45) is 137. The van der Waals surface area contributed by atoms with Crippen molar-refractivity contribution in [2.45, 2.75) is 696 Å². The fraction of sp³-hybridized carbons (Fsp3) is 0.857. The van der Waals surface area contributed by atoms with Gasteiger partial charge in [0.15, 0.2) is 0 Å². The first-order chi connectivity index (χ1) is 64.9. The van der Waals surface area contributed by atoms with Gasteiger partial charge in [0.05, 0.1) is 0 Å². The Kier molecular flexibility index (Phi) is 91.1. The van der Waals surface area contributed by atoms with Gasteiger partial charge in [-0.25, -0.2) is 0 Å². The monoisotopic (exact) mass is 1840 g/mol. The topological polar surface area (TPSA) is 44.8 Å². The van der Waals surface area contributed by atoms with E-state index in [9.17, 15) is 0 Å². The summed E-state index contributed by atoms with van der Waals surface area (Å²) in [6.45, 7) is 14.0. The van der Waals surface area contributed by atoms with Crippen molar-refractivity contribution in [2.24, 2.45) is 0 Å². The number of phosphoric acid groups is 1. The van der Waals surface area contributed by atoms with Crippen LogP contribution in [0.25, 0.3) is 0 Å². The van der Waals surface area contributed by atoms with Crippen LogP contribution in [0.4, 0.5) is 0 Å². The highest BCUT2D eigenvalue weighted by atomic mass is 31.2. The molecule has 4 nitrogen and oxygen atoms in total. The first-order valence-electron chi connectivity index (χ1n) is 60.9. The molecule has 0 N–H and O–H groups in total. The summed E-state index contributed by atoms with van der Waals surface area (Å²) < 4.78 is 39.6. The summed E-state index contributed by atoms with van der Waals surface area (Å²) in [4.78, 5) is 0. The van der Waals surface area contributed by atoms with Crippen molar-refractivity contribution < 1.29 is 18.1 Å². The van der Waals surface area contributed by atoms with Crippen LogP contribution in [0.15, 0.2) is 54.6 Å². The highest BCUT2D eigenvalue weighted by molar-refractivity contribution is 7.49. The first-order valence-corrected chi connectivity index (χ1v) is 62.4. The molecule has 0 atom stereocenters. The molecule has 0 aliphatic heterocycles. The van der Waals surface area contributed by atoms with Gasteiger partial charge in [-0.15, -0.1) is 0 Å². The molecule has 0 aromatic heterocycles. The molecule has 0 amide bonds. The second-order valence-electron chi connectivity index (χ2n) is 42.7. The van der Waals surface area contributed by atoms with Crippen molar-refractivity contribution in [2.75, 3.05) is 0 Å². The zero-order valence-electron chi connectivity index (χ0n) is 89.9. The number of hydrogen-bond acceptors (Lipinski definition) is 4. The molecule has 0 saturated carbocycles. The van der Waals surface area contributed by atoms with E-state index in [1.165, 1.54) is 631 Å². The predicted molar refractivity (Wildman–Crippen MR) is 588 cm³/mol. The van der Waals surface area contributed by atoms with E-state index in [-0.39, 0.29) is 0 Å². The average Bonchev–Trinajstić information content (AvgIpc) is 0.788. The molecule has 0 aliphatic carbocycles. The second-order valence-corrected chi connectivity index (χ2v) is 44.2. The molecule has 3 rings (SSSR count). The number of benzene rings is 3. The Balaban J connectivity index is 2.05. The van der Waals surface area contributed by atoms with Crippen molar-refractivity contribution in [1.29, 1.82) is 0 Å². The van der Waals surface area contributed by atoms with Gasteiger partial charge in [-0.05, 0) is 129 Å². The number of unbranched alkanes of at least 4 members (excludes halogenated alkanes) is 90. The molecule has 0 radical (unpaired) electrons. The Morgan fingerprint density at radius 1 is 0.145 bits per heavy atom. The lowest BCUT2D eigenvalue weighted by molar-refractivity contribution is 0.294. The van der Waals surface area contributed by atoms with Gasteiger partial charge in [0, 0.05) is 0 Å². The molecule has 3 aromatic rings. The Morgan fingerprint density at radius 2 is 0.252 bits per heavy atom. The van der Waals surface area contributed by atoms with Gasteiger partial charge < -0.3 is 13.6 Å². The van der Waals surface area contributed by atoms with E-state index in [1.807, 2.05) is 0 Å². The Morgan fingerprint density at radius 3 is 0.374 bits per heavy atom. The predicted octanol–water partition coefficient (Wildman–Crippen LogP) is 46.2. The third-order valence-corrected chi connectivity index (χ3v) is 31.3. The Labute approximate surface area is 822 Å². The van der Waals surface area contributed by atoms with Crippen molar-refractivity contribution in [3.05, 3.63) is 88.0 Å². The lowest BCUT2D eigenvalue weighted by Crippen LogP contribution is -2.12. The molecule has 0 spiro atoms. The zero-order chi connectivity index (χ0) is 93.3.